The van der Waals surface area contributed by atoms with E-state index in [-0.39, 0.29) is 17.9 Å². The summed E-state index contributed by atoms with van der Waals surface area (Å²) in [4.78, 5) is 13.6. The molecule has 2 fully saturated rings. The van der Waals surface area contributed by atoms with Crippen LogP contribution in [0.4, 0.5) is 0 Å². The van der Waals surface area contributed by atoms with Crippen molar-refractivity contribution in [2.24, 2.45) is 5.92 Å². The van der Waals surface area contributed by atoms with Crippen LogP contribution in [0.25, 0.3) is 0 Å². The van der Waals surface area contributed by atoms with Gasteiger partial charge < -0.3 is 14.4 Å². The molecule has 2 aliphatic rings. The summed E-state index contributed by atoms with van der Waals surface area (Å²) in [7, 11) is 0. The van der Waals surface area contributed by atoms with Gasteiger partial charge in [0.15, 0.2) is 0 Å². The van der Waals surface area contributed by atoms with Crippen LogP contribution in [0.3, 0.4) is 0 Å². The van der Waals surface area contributed by atoms with Gasteiger partial charge in [-0.25, -0.2) is 0 Å². The summed E-state index contributed by atoms with van der Waals surface area (Å²) >= 11 is 0. The molecule has 74 valence electrons. The van der Waals surface area contributed by atoms with E-state index in [1.54, 1.807) is 0 Å². The van der Waals surface area contributed by atoms with Crippen molar-refractivity contribution < 1.29 is 14.3 Å². The molecule has 13 heavy (non-hydrogen) atoms. The van der Waals surface area contributed by atoms with E-state index in [0.29, 0.717) is 19.8 Å². The standard InChI is InChI=1S/C9H15NO3/c1-7-4-10(2-3-13-7)9(11)8-5-12-6-8/h7-8H,2-6H2,1H3. The molecule has 0 N–H and O–H groups in total. The maximum Gasteiger partial charge on any atom is 0.230 e. The van der Waals surface area contributed by atoms with E-state index in [1.807, 2.05) is 11.8 Å². The summed E-state index contributed by atoms with van der Waals surface area (Å²) in [6, 6.07) is 0. The fraction of sp³-hybridized carbons (Fsp3) is 0.889. The first kappa shape index (κ1) is 8.97. The smallest absolute Gasteiger partial charge is 0.230 e. The highest BCUT2D eigenvalue weighted by molar-refractivity contribution is 5.79. The zero-order valence-electron chi connectivity index (χ0n) is 7.86. The number of amides is 1. The van der Waals surface area contributed by atoms with Crippen molar-refractivity contribution in [3.63, 3.8) is 0 Å². The van der Waals surface area contributed by atoms with E-state index in [4.69, 9.17) is 9.47 Å². The number of carbonyl (C=O) groups is 1. The largest absolute Gasteiger partial charge is 0.380 e. The predicted molar refractivity (Wildman–Crippen MR) is 46.3 cm³/mol. The fourth-order valence-electron chi connectivity index (χ4n) is 1.66. The van der Waals surface area contributed by atoms with Crippen LogP contribution in [0.5, 0.6) is 0 Å². The van der Waals surface area contributed by atoms with Crippen molar-refractivity contribution in [1.29, 1.82) is 0 Å². The molecule has 0 aromatic heterocycles. The normalized spacial score (nSPS) is 29.9. The summed E-state index contributed by atoms with van der Waals surface area (Å²) < 4.78 is 10.4. The molecule has 2 aliphatic heterocycles. The minimum Gasteiger partial charge on any atom is -0.380 e. The van der Waals surface area contributed by atoms with Crippen LogP contribution in [-0.4, -0.2) is 49.8 Å². The van der Waals surface area contributed by atoms with Gasteiger partial charge in [-0.1, -0.05) is 0 Å². The van der Waals surface area contributed by atoms with Crippen LogP contribution >= 0.6 is 0 Å². The molecular weight excluding hydrogens is 170 g/mol. The molecule has 1 amide bonds. The molecule has 0 radical (unpaired) electrons. The fourth-order valence-corrected chi connectivity index (χ4v) is 1.66. The SMILES string of the molecule is CC1CN(C(=O)C2COC2)CCO1. The van der Waals surface area contributed by atoms with E-state index in [1.165, 1.54) is 0 Å². The average molecular weight is 185 g/mol. The maximum atomic E-state index is 11.7. The first-order valence-electron chi connectivity index (χ1n) is 4.75. The quantitative estimate of drug-likeness (QED) is 0.571. The van der Waals surface area contributed by atoms with Gasteiger partial charge in [-0.3, -0.25) is 4.79 Å². The summed E-state index contributed by atoms with van der Waals surface area (Å²) in [6.07, 6.45) is 0.179. The van der Waals surface area contributed by atoms with Crippen LogP contribution in [0.1, 0.15) is 6.92 Å². The molecular formula is C9H15NO3. The highest BCUT2D eigenvalue weighted by Gasteiger charge is 2.32. The van der Waals surface area contributed by atoms with Gasteiger partial charge in [0.1, 0.15) is 0 Å². The third-order valence-corrected chi connectivity index (χ3v) is 2.54. The average Bonchev–Trinajstić information content (AvgIpc) is 2.01. The van der Waals surface area contributed by atoms with Gasteiger partial charge in [0, 0.05) is 13.1 Å². The zero-order valence-corrected chi connectivity index (χ0v) is 7.86. The number of morpholine rings is 1. The third-order valence-electron chi connectivity index (χ3n) is 2.54. The molecule has 0 aromatic rings. The molecule has 1 unspecified atom stereocenters. The van der Waals surface area contributed by atoms with Crippen LogP contribution < -0.4 is 0 Å². The van der Waals surface area contributed by atoms with Crippen LogP contribution in [0.2, 0.25) is 0 Å². The Balaban J connectivity index is 1.87. The third kappa shape index (κ3) is 1.84. The Labute approximate surface area is 77.8 Å². The minimum atomic E-state index is 0.116. The summed E-state index contributed by atoms with van der Waals surface area (Å²) in [5, 5.41) is 0. The van der Waals surface area contributed by atoms with Gasteiger partial charge in [-0.2, -0.15) is 0 Å². The predicted octanol–water partition coefficient (Wildman–Crippen LogP) is -0.120. The summed E-state index contributed by atoms with van der Waals surface area (Å²) in [5.41, 5.74) is 0. The van der Waals surface area contributed by atoms with Gasteiger partial charge in [-0.15, -0.1) is 0 Å². The second kappa shape index (κ2) is 3.64. The lowest BCUT2D eigenvalue weighted by Crippen LogP contribution is -2.50. The van der Waals surface area contributed by atoms with Gasteiger partial charge in [-0.05, 0) is 6.92 Å². The first-order valence-corrected chi connectivity index (χ1v) is 4.75. The van der Waals surface area contributed by atoms with Crippen LogP contribution in [0, 0.1) is 5.92 Å². The highest BCUT2D eigenvalue weighted by atomic mass is 16.5. The lowest BCUT2D eigenvalue weighted by Gasteiger charge is -2.36. The van der Waals surface area contributed by atoms with Crippen LogP contribution in [-0.2, 0) is 14.3 Å². The van der Waals surface area contributed by atoms with E-state index < -0.39 is 0 Å². The summed E-state index contributed by atoms with van der Waals surface area (Å²) in [5.74, 6) is 0.353. The molecule has 0 saturated carbocycles. The molecule has 2 rings (SSSR count). The second-order valence-corrected chi connectivity index (χ2v) is 3.70. The van der Waals surface area contributed by atoms with E-state index in [9.17, 15) is 4.79 Å². The number of hydrogen-bond donors (Lipinski definition) is 0. The number of nitrogens with zero attached hydrogens (tertiary/aromatic N) is 1. The van der Waals surface area contributed by atoms with Gasteiger partial charge >= 0.3 is 0 Å². The second-order valence-electron chi connectivity index (χ2n) is 3.70. The topological polar surface area (TPSA) is 38.8 Å². The number of ether oxygens (including phenoxy) is 2. The Hall–Kier alpha value is -0.610. The van der Waals surface area contributed by atoms with Crippen LogP contribution in [0.15, 0.2) is 0 Å². The van der Waals surface area contributed by atoms with Gasteiger partial charge in [0.2, 0.25) is 5.91 Å². The Morgan fingerprint density at radius 3 is 2.77 bits per heavy atom. The Bertz CT molecular complexity index is 203. The van der Waals surface area contributed by atoms with Crippen molar-refractivity contribution in [1.82, 2.24) is 4.90 Å². The van der Waals surface area contributed by atoms with Crippen molar-refractivity contribution >= 4 is 5.91 Å². The van der Waals surface area contributed by atoms with E-state index >= 15 is 0 Å². The lowest BCUT2D eigenvalue weighted by atomic mass is 10.1. The van der Waals surface area contributed by atoms with Crippen molar-refractivity contribution in [3.8, 4) is 0 Å². The first-order chi connectivity index (χ1) is 6.27. The molecule has 2 saturated heterocycles. The molecule has 4 nitrogen and oxygen atoms in total. The Morgan fingerprint density at radius 1 is 1.46 bits per heavy atom. The molecule has 0 spiro atoms. The maximum absolute atomic E-state index is 11.7. The van der Waals surface area contributed by atoms with Crippen molar-refractivity contribution in [2.45, 2.75) is 13.0 Å². The monoisotopic (exact) mass is 185 g/mol. The minimum absolute atomic E-state index is 0.116. The molecule has 0 aliphatic carbocycles. The van der Waals surface area contributed by atoms with Gasteiger partial charge in [0.25, 0.3) is 0 Å². The Morgan fingerprint density at radius 2 is 2.23 bits per heavy atom. The number of rotatable bonds is 1. The Kier molecular flexibility index (Phi) is 2.51. The molecule has 0 aromatic carbocycles. The molecule has 0 bridgehead atoms. The number of carbonyl (C=O) groups excluding carboxylic acids is 1. The molecule has 1 atom stereocenters. The zero-order chi connectivity index (χ0) is 9.26. The van der Waals surface area contributed by atoms with E-state index in [0.717, 1.165) is 13.1 Å². The van der Waals surface area contributed by atoms with E-state index in [2.05, 4.69) is 0 Å². The van der Waals surface area contributed by atoms with Crippen molar-refractivity contribution in [3.05, 3.63) is 0 Å². The van der Waals surface area contributed by atoms with Crippen molar-refractivity contribution in [2.75, 3.05) is 32.9 Å². The van der Waals surface area contributed by atoms with Gasteiger partial charge in [0.05, 0.1) is 31.8 Å². The highest BCUT2D eigenvalue weighted by Crippen LogP contribution is 2.15. The number of hydrogen-bond acceptors (Lipinski definition) is 3. The molecule has 2 heterocycles. The summed E-state index contributed by atoms with van der Waals surface area (Å²) in [6.45, 7) is 5.33. The lowest BCUT2D eigenvalue weighted by molar-refractivity contribution is -0.156. The molecule has 4 heteroatoms.